The second-order valence-corrected chi connectivity index (χ2v) is 9.89. The van der Waals surface area contributed by atoms with E-state index in [9.17, 15) is 0 Å². The van der Waals surface area contributed by atoms with Crippen LogP contribution in [0.25, 0.3) is 11.4 Å². The molecule has 0 bridgehead atoms. The van der Waals surface area contributed by atoms with Gasteiger partial charge in [-0.05, 0) is 30.5 Å². The van der Waals surface area contributed by atoms with Gasteiger partial charge in [0.1, 0.15) is 18.9 Å². The topological polar surface area (TPSA) is 8.81 Å². The maximum Gasteiger partial charge on any atom is 0.289 e. The monoisotopic (exact) mass is 459 g/mol. The molecule has 1 heterocycles. The molecule has 0 atom stereocenters. The average Bonchev–Trinajstić information content (AvgIpc) is 3.27. The van der Waals surface area contributed by atoms with Gasteiger partial charge in [0.25, 0.3) is 5.82 Å². The van der Waals surface area contributed by atoms with Crippen LogP contribution >= 0.6 is 0 Å². The first-order chi connectivity index (χ1) is 16.9. The Hall–Kier alpha value is -2.35. The number of hydrogen-bond acceptors (Lipinski definition) is 0. The lowest BCUT2D eigenvalue weighted by Gasteiger charge is -2.06. The van der Waals surface area contributed by atoms with Gasteiger partial charge in [0.15, 0.2) is 0 Å². The van der Waals surface area contributed by atoms with E-state index in [0.29, 0.717) is 0 Å². The number of unbranched alkanes of at least 4 members (excludes halogenated alkanes) is 13. The minimum atomic E-state index is 0.913. The van der Waals surface area contributed by atoms with Crippen LogP contribution in [0.4, 0.5) is 0 Å². The van der Waals surface area contributed by atoms with Crippen LogP contribution in [-0.4, -0.2) is 4.57 Å². The van der Waals surface area contributed by atoms with Crippen LogP contribution in [0.15, 0.2) is 73.1 Å². The highest BCUT2D eigenvalue weighted by atomic mass is 15.1. The molecule has 0 saturated carbocycles. The first-order valence-corrected chi connectivity index (χ1v) is 14.1. The van der Waals surface area contributed by atoms with Crippen LogP contribution in [0.1, 0.15) is 102 Å². The third kappa shape index (κ3) is 9.49. The molecule has 0 radical (unpaired) electrons. The molecule has 34 heavy (non-hydrogen) atoms. The highest BCUT2D eigenvalue weighted by molar-refractivity contribution is 5.52. The normalized spacial score (nSPS) is 11.2. The predicted octanol–water partition coefficient (Wildman–Crippen LogP) is 8.97. The summed E-state index contributed by atoms with van der Waals surface area (Å²) in [6.07, 6.45) is 24.2. The number of nitrogens with zero attached hydrogens (tertiary/aromatic N) is 2. The summed E-state index contributed by atoms with van der Waals surface area (Å²) in [6, 6.07) is 21.6. The zero-order valence-electron chi connectivity index (χ0n) is 21.6. The largest absolute Gasteiger partial charge is 0.289 e. The van der Waals surface area contributed by atoms with E-state index in [4.69, 9.17) is 0 Å². The smallest absolute Gasteiger partial charge is 0.230 e. The summed E-state index contributed by atoms with van der Waals surface area (Å²) >= 11 is 0. The van der Waals surface area contributed by atoms with Crippen LogP contribution < -0.4 is 4.57 Å². The number of rotatable bonds is 18. The van der Waals surface area contributed by atoms with Crippen LogP contribution in [-0.2, 0) is 13.1 Å². The summed E-state index contributed by atoms with van der Waals surface area (Å²) in [7, 11) is 0. The van der Waals surface area contributed by atoms with E-state index in [1.165, 1.54) is 107 Å². The van der Waals surface area contributed by atoms with E-state index in [1.807, 2.05) is 0 Å². The molecule has 0 spiro atoms. The third-order valence-corrected chi connectivity index (χ3v) is 6.95. The summed E-state index contributed by atoms with van der Waals surface area (Å²) < 4.78 is 4.85. The van der Waals surface area contributed by atoms with Crippen molar-refractivity contribution in [3.8, 4) is 11.4 Å². The highest BCUT2D eigenvalue weighted by Gasteiger charge is 2.19. The summed E-state index contributed by atoms with van der Waals surface area (Å²) in [5, 5.41) is 0. The molecule has 184 valence electrons. The first kappa shape index (κ1) is 26.3. The molecule has 0 aliphatic rings. The molecule has 0 amide bonds. The van der Waals surface area contributed by atoms with Crippen molar-refractivity contribution in [1.29, 1.82) is 0 Å². The van der Waals surface area contributed by atoms with Gasteiger partial charge in [-0.3, -0.25) is 0 Å². The molecule has 0 N–H and O–H groups in total. The second-order valence-electron chi connectivity index (χ2n) is 9.89. The van der Waals surface area contributed by atoms with Crippen LogP contribution in [0.2, 0.25) is 0 Å². The van der Waals surface area contributed by atoms with E-state index in [0.717, 1.165) is 13.1 Å². The van der Waals surface area contributed by atoms with Gasteiger partial charge in [-0.2, -0.15) is 0 Å². The number of imidazole rings is 1. The number of aromatic nitrogens is 2. The Morgan fingerprint density at radius 1 is 0.588 bits per heavy atom. The zero-order valence-corrected chi connectivity index (χ0v) is 21.6. The minimum absolute atomic E-state index is 0.913. The van der Waals surface area contributed by atoms with Crippen molar-refractivity contribution in [2.75, 3.05) is 0 Å². The van der Waals surface area contributed by atoms with Gasteiger partial charge in [0.2, 0.25) is 0 Å². The highest BCUT2D eigenvalue weighted by Crippen LogP contribution is 2.18. The third-order valence-electron chi connectivity index (χ3n) is 6.95. The van der Waals surface area contributed by atoms with Gasteiger partial charge >= 0.3 is 0 Å². The van der Waals surface area contributed by atoms with E-state index in [2.05, 4.69) is 89.1 Å². The number of benzene rings is 2. The van der Waals surface area contributed by atoms with Crippen LogP contribution in [0.5, 0.6) is 0 Å². The predicted molar refractivity (Wildman–Crippen MR) is 146 cm³/mol. The van der Waals surface area contributed by atoms with Crippen molar-refractivity contribution in [2.45, 2.75) is 110 Å². The second kappa shape index (κ2) is 16.3. The fraction of sp³-hybridized carbons (Fsp3) is 0.531. The summed E-state index contributed by atoms with van der Waals surface area (Å²) in [5.41, 5.74) is 2.65. The minimum Gasteiger partial charge on any atom is -0.230 e. The molecule has 2 heteroatoms. The van der Waals surface area contributed by atoms with Gasteiger partial charge in [-0.1, -0.05) is 133 Å². The quantitative estimate of drug-likeness (QED) is 0.133. The number of hydrogen-bond donors (Lipinski definition) is 0. The van der Waals surface area contributed by atoms with Crippen molar-refractivity contribution in [2.24, 2.45) is 0 Å². The Morgan fingerprint density at radius 3 is 1.65 bits per heavy atom. The van der Waals surface area contributed by atoms with E-state index in [-0.39, 0.29) is 0 Å². The number of aryl methyl sites for hydroxylation is 1. The molecule has 3 rings (SSSR count). The molecule has 0 fully saturated rings. The lowest BCUT2D eigenvalue weighted by Crippen LogP contribution is -2.35. The zero-order chi connectivity index (χ0) is 23.7. The van der Waals surface area contributed by atoms with Crippen LogP contribution in [0.3, 0.4) is 0 Å². The molecule has 0 saturated heterocycles. The van der Waals surface area contributed by atoms with Crippen molar-refractivity contribution < 1.29 is 4.57 Å². The van der Waals surface area contributed by atoms with E-state index >= 15 is 0 Å². The van der Waals surface area contributed by atoms with Gasteiger partial charge in [0.05, 0.1) is 12.1 Å². The molecule has 0 unspecified atom stereocenters. The van der Waals surface area contributed by atoms with Crippen molar-refractivity contribution in [3.05, 3.63) is 78.6 Å². The molecular weight excluding hydrogens is 412 g/mol. The maximum absolute atomic E-state index is 2.46. The van der Waals surface area contributed by atoms with E-state index in [1.54, 1.807) is 0 Å². The van der Waals surface area contributed by atoms with Gasteiger partial charge in [-0.25, -0.2) is 9.13 Å². The van der Waals surface area contributed by atoms with Crippen molar-refractivity contribution in [1.82, 2.24) is 4.57 Å². The van der Waals surface area contributed by atoms with Crippen molar-refractivity contribution >= 4 is 0 Å². The van der Waals surface area contributed by atoms with E-state index < -0.39 is 0 Å². The molecule has 3 aromatic rings. The molecular formula is C32H47N2+. The fourth-order valence-electron chi connectivity index (χ4n) is 4.95. The maximum atomic E-state index is 2.46. The summed E-state index contributed by atoms with van der Waals surface area (Å²) in [4.78, 5) is 0. The Labute approximate surface area is 209 Å². The fourth-order valence-corrected chi connectivity index (χ4v) is 4.95. The molecule has 2 nitrogen and oxygen atoms in total. The summed E-state index contributed by atoms with van der Waals surface area (Å²) in [6.45, 7) is 4.31. The Bertz CT molecular complexity index is 882. The molecule has 2 aromatic carbocycles. The van der Waals surface area contributed by atoms with Gasteiger partial charge in [-0.15, -0.1) is 0 Å². The average molecular weight is 460 g/mol. The Balaban J connectivity index is 1.35. The summed E-state index contributed by atoms with van der Waals surface area (Å²) in [5.74, 6) is 1.32. The Morgan fingerprint density at radius 2 is 1.09 bits per heavy atom. The van der Waals surface area contributed by atoms with Gasteiger partial charge < -0.3 is 0 Å². The molecule has 0 aliphatic carbocycles. The first-order valence-electron chi connectivity index (χ1n) is 14.1. The SMILES string of the molecule is CCCCCCCCCCCCCCCCn1cc[n+](Cc2ccccc2)c1-c1ccccc1. The molecule has 1 aromatic heterocycles. The lowest BCUT2D eigenvalue weighted by atomic mass is 10.0. The Kier molecular flexibility index (Phi) is 12.6. The van der Waals surface area contributed by atoms with Crippen LogP contribution in [0, 0.1) is 0 Å². The van der Waals surface area contributed by atoms with Gasteiger partial charge in [0, 0.05) is 0 Å². The standard InChI is InChI=1S/C32H47N2/c1-2-3-4-5-6-7-8-9-10-11-12-13-14-21-26-33-27-28-34(29-30-22-17-15-18-23-30)32(33)31-24-19-16-20-25-31/h15-20,22-25,27-28H,2-14,21,26,29H2,1H3/q+1. The lowest BCUT2D eigenvalue weighted by molar-refractivity contribution is -0.676. The van der Waals surface area contributed by atoms with Crippen molar-refractivity contribution in [3.63, 3.8) is 0 Å². The molecule has 0 aliphatic heterocycles.